The number of nitrogens with zero attached hydrogens (tertiary/aromatic N) is 1. The van der Waals surface area contributed by atoms with Crippen molar-refractivity contribution >= 4 is 17.1 Å². The molecule has 0 aliphatic heterocycles. The van der Waals surface area contributed by atoms with Gasteiger partial charge in [-0.1, -0.05) is 187 Å². The largest absolute Gasteiger partial charge is 0.311 e. The summed E-state index contributed by atoms with van der Waals surface area (Å²) in [5, 5.41) is 0. The molecule has 0 bridgehead atoms. The van der Waals surface area contributed by atoms with Crippen molar-refractivity contribution in [3.63, 3.8) is 0 Å². The number of hydrogen-bond donors (Lipinski definition) is 0. The molecule has 1 spiro atoms. The Morgan fingerprint density at radius 3 is 1.04 bits per heavy atom. The maximum absolute atomic E-state index is 10.0. The summed E-state index contributed by atoms with van der Waals surface area (Å²) in [6, 6.07) is -42.1. The Hall–Kier alpha value is -7.22. The highest BCUT2D eigenvalue weighted by molar-refractivity contribution is 5.98. The summed E-state index contributed by atoms with van der Waals surface area (Å²) in [7, 11) is 0. The maximum Gasteiger partial charge on any atom is 0.0731 e. The predicted molar refractivity (Wildman–Crippen MR) is 234 cm³/mol. The molecule has 0 saturated carbocycles. The Morgan fingerprint density at radius 2 is 0.589 bits per heavy atom. The van der Waals surface area contributed by atoms with Crippen molar-refractivity contribution in [2.24, 2.45) is 0 Å². The summed E-state index contributed by atoms with van der Waals surface area (Å²) in [4.78, 5) is 0.205. The molecule has 0 saturated heterocycles. The van der Waals surface area contributed by atoms with Crippen LogP contribution in [0.4, 0.5) is 17.1 Å². The van der Waals surface area contributed by atoms with Gasteiger partial charge in [-0.15, -0.1) is 0 Å². The molecule has 0 heterocycles. The summed E-state index contributed by atoms with van der Waals surface area (Å²) < 4.78 is 339. The van der Waals surface area contributed by atoms with Crippen molar-refractivity contribution in [1.82, 2.24) is 0 Å². The van der Waals surface area contributed by atoms with Gasteiger partial charge in [0.1, 0.15) is 0 Å². The lowest BCUT2D eigenvalue weighted by atomic mass is 9.68. The number of anilines is 3. The normalized spacial score (nSPS) is 22.0. The van der Waals surface area contributed by atoms with Gasteiger partial charge in [-0.3, -0.25) is 0 Å². The fraction of sp³-hybridized carbons (Fsp3) is 0.0182. The first-order valence-corrected chi connectivity index (χ1v) is 16.4. The van der Waals surface area contributed by atoms with Gasteiger partial charge in [0.25, 0.3) is 0 Å². The summed E-state index contributed by atoms with van der Waals surface area (Å²) in [5.41, 5.74) is -19.0. The number of hydrogen-bond acceptors (Lipinski definition) is 1. The summed E-state index contributed by atoms with van der Waals surface area (Å²) >= 11 is 0. The number of rotatable bonds is 6. The van der Waals surface area contributed by atoms with Crippen LogP contribution < -0.4 is 4.90 Å². The zero-order valence-corrected chi connectivity index (χ0v) is 27.9. The van der Waals surface area contributed by atoms with Crippen molar-refractivity contribution in [2.75, 3.05) is 4.90 Å². The summed E-state index contributed by atoms with van der Waals surface area (Å²) in [5.74, 6) is 0. The van der Waals surface area contributed by atoms with Crippen molar-refractivity contribution < 1.29 is 50.7 Å². The third-order valence-corrected chi connectivity index (χ3v) is 9.19. The molecule has 1 nitrogen and oxygen atoms in total. The van der Waals surface area contributed by atoms with Crippen LogP contribution in [0.2, 0.25) is 0 Å². The second-order valence-corrected chi connectivity index (χ2v) is 12.0. The third-order valence-electron chi connectivity index (χ3n) is 9.19. The molecule has 0 unspecified atom stereocenters. The van der Waals surface area contributed by atoms with Gasteiger partial charge in [0.2, 0.25) is 0 Å². The smallest absolute Gasteiger partial charge is 0.0731 e. The van der Waals surface area contributed by atoms with Crippen LogP contribution in [0, 0.1) is 0 Å². The molecule has 262 valence electrons. The van der Waals surface area contributed by atoms with E-state index in [2.05, 4.69) is 0 Å². The second kappa shape index (κ2) is 13.0. The van der Waals surface area contributed by atoms with Crippen molar-refractivity contribution in [3.8, 4) is 55.6 Å². The summed E-state index contributed by atoms with van der Waals surface area (Å²) in [6.07, 6.45) is 0. The van der Waals surface area contributed by atoms with Crippen molar-refractivity contribution in [1.29, 1.82) is 0 Å². The molecule has 0 atom stereocenters. The standard InChI is InChI=1S/C55H37N/c1-3-14-38(15-4-1)40-26-32-43(33-27-40)56(44-34-28-41(29-35-44)39-16-5-2-6-17-39)45-36-30-42(31-37-45)46-21-13-22-50-49-20-9-12-25-53(49)55(54(46)50)51-23-10-7-18-47(51)48-19-8-11-24-52(48)55/h1-37H/i1D,2D,3D,4D,5D,6D,7D,8D,9D,10D,11D,12D,13D,14D,15D,16D,17D,18D,19D,20D,21D,22D,23D,24D,25D,26D,27D,28D,29D,30D,31D,32D,33D,34D,35D,36D,37D. The minimum atomic E-state index is -3.05. The number of fused-ring (bicyclic) bond motifs is 10. The lowest BCUT2D eigenvalue weighted by Crippen LogP contribution is -2.26. The highest BCUT2D eigenvalue weighted by atomic mass is 15.1. The molecule has 11 rings (SSSR count). The Morgan fingerprint density at radius 1 is 0.268 bits per heavy atom. The Labute approximate surface area is 380 Å². The van der Waals surface area contributed by atoms with Crippen LogP contribution in [0.3, 0.4) is 0 Å². The molecule has 0 amide bonds. The van der Waals surface area contributed by atoms with E-state index in [4.69, 9.17) is 21.9 Å². The molecule has 0 aromatic heterocycles. The van der Waals surface area contributed by atoms with Crippen LogP contribution in [0.5, 0.6) is 0 Å². The molecular formula is C55H37N. The Kier molecular flexibility index (Phi) is 2.81. The van der Waals surface area contributed by atoms with E-state index in [1.54, 1.807) is 0 Å². The van der Waals surface area contributed by atoms with Gasteiger partial charge in [0, 0.05) is 17.1 Å². The maximum atomic E-state index is 10.0. The lowest BCUT2D eigenvalue weighted by molar-refractivity contribution is 0.796. The molecule has 0 fully saturated rings. The topological polar surface area (TPSA) is 3.24 Å². The van der Waals surface area contributed by atoms with Crippen LogP contribution in [-0.4, -0.2) is 0 Å². The van der Waals surface area contributed by atoms with Crippen LogP contribution in [0.15, 0.2) is 224 Å². The van der Waals surface area contributed by atoms with Gasteiger partial charge in [-0.2, -0.15) is 0 Å². The molecular weight excluding hydrogens is 675 g/mol. The van der Waals surface area contributed by atoms with E-state index in [9.17, 15) is 28.8 Å². The van der Waals surface area contributed by atoms with Crippen LogP contribution in [-0.2, 0) is 5.41 Å². The first kappa shape index (κ1) is 12.1. The minimum Gasteiger partial charge on any atom is -0.311 e. The molecule has 9 aromatic carbocycles. The Balaban J connectivity index is 1.35. The van der Waals surface area contributed by atoms with Crippen LogP contribution in [0.1, 0.15) is 73.0 Å². The average Bonchev–Trinajstić information content (AvgIpc) is 1.48. The van der Waals surface area contributed by atoms with E-state index in [0.717, 1.165) is 0 Å². The quantitative estimate of drug-likeness (QED) is 0.164. The average molecular weight is 749 g/mol. The van der Waals surface area contributed by atoms with Gasteiger partial charge < -0.3 is 4.90 Å². The fourth-order valence-corrected chi connectivity index (χ4v) is 6.96. The molecule has 2 aliphatic carbocycles. The first-order valence-electron chi connectivity index (χ1n) is 34.9. The molecule has 0 N–H and O–H groups in total. The lowest BCUT2D eigenvalue weighted by Gasteiger charge is -2.32. The Bertz CT molecular complexity index is 4690. The van der Waals surface area contributed by atoms with Crippen LogP contribution in [0.25, 0.3) is 55.6 Å². The molecule has 1 heteroatoms. The predicted octanol–water partition coefficient (Wildman–Crippen LogP) is 14.5. The SMILES string of the molecule is [2H]c1c([2H])c([2H])c(-c2c([2H])c([2H])c(N(c3c([2H])c([2H])c(-c4c([2H])c([2H])c([2H])c([2H])c4[2H])c([2H])c3[2H])c3c([2H])c([2H])c(-c4c([2H])c([2H])c([2H])c5c4C4(c6c([2H])c([2H])c([2H])c([2H])c6-c6c([2H])c([2H])c([2H])c([2H])c64)c4c([2H])c([2H])c([2H])c([2H])c4-5)c([2H])c3[2H])c([2H])c2[2H])c([2H])c1[2H]. The molecule has 0 radical (unpaired) electrons. The number of benzene rings is 9. The van der Waals surface area contributed by atoms with Crippen molar-refractivity contribution in [3.05, 3.63) is 246 Å². The van der Waals surface area contributed by atoms with Gasteiger partial charge in [-0.25, -0.2) is 0 Å². The van der Waals surface area contributed by atoms with E-state index in [1.807, 2.05) is 0 Å². The summed E-state index contributed by atoms with van der Waals surface area (Å²) in [6.45, 7) is 0. The highest BCUT2D eigenvalue weighted by Gasteiger charge is 2.52. The van der Waals surface area contributed by atoms with E-state index in [0.29, 0.717) is 0 Å². The third kappa shape index (κ3) is 4.88. The molecule has 9 aromatic rings. The zero-order chi connectivity index (χ0) is 69.3. The van der Waals surface area contributed by atoms with E-state index >= 15 is 0 Å². The van der Waals surface area contributed by atoms with E-state index in [1.165, 1.54) is 0 Å². The van der Waals surface area contributed by atoms with Gasteiger partial charge >= 0.3 is 0 Å². The van der Waals surface area contributed by atoms with E-state index in [-0.39, 0.29) is 4.90 Å². The van der Waals surface area contributed by atoms with Gasteiger partial charge in [0.15, 0.2) is 0 Å². The zero-order valence-electron chi connectivity index (χ0n) is 64.9. The first-order chi connectivity index (χ1) is 43.2. The highest BCUT2D eigenvalue weighted by Crippen LogP contribution is 2.64. The molecule has 2 aliphatic rings. The van der Waals surface area contributed by atoms with Crippen LogP contribution >= 0.6 is 0 Å². The van der Waals surface area contributed by atoms with Gasteiger partial charge in [0.05, 0.1) is 56.1 Å². The molecule has 56 heavy (non-hydrogen) atoms. The van der Waals surface area contributed by atoms with E-state index < -0.39 is 324 Å². The fourth-order valence-electron chi connectivity index (χ4n) is 6.96. The second-order valence-electron chi connectivity index (χ2n) is 12.0. The minimum absolute atomic E-state index is 0.205. The monoisotopic (exact) mass is 749 g/mol. The van der Waals surface area contributed by atoms with Gasteiger partial charge in [-0.05, 0) is 114 Å². The van der Waals surface area contributed by atoms with Crippen molar-refractivity contribution in [2.45, 2.75) is 5.41 Å².